The molecular weight excluding hydrogens is 338 g/mol. The van der Waals surface area contributed by atoms with Gasteiger partial charge in [0.15, 0.2) is 0 Å². The molecule has 1 aromatic carbocycles. The molecule has 2 heterocycles. The lowest BCUT2D eigenvalue weighted by Crippen LogP contribution is -2.46. The molecule has 6 nitrogen and oxygen atoms in total. The van der Waals surface area contributed by atoms with Crippen LogP contribution in [0.2, 0.25) is 5.02 Å². The number of benzene rings is 1. The molecule has 0 aliphatic carbocycles. The Morgan fingerprint density at radius 2 is 1.88 bits per heavy atom. The van der Waals surface area contributed by atoms with E-state index in [-0.39, 0.29) is 5.91 Å². The van der Waals surface area contributed by atoms with Crippen LogP contribution >= 0.6 is 11.6 Å². The van der Waals surface area contributed by atoms with Crippen molar-refractivity contribution < 1.29 is 4.79 Å². The average Bonchev–Trinajstić information content (AvgIpc) is 2.65. The average molecular weight is 360 g/mol. The Morgan fingerprint density at radius 1 is 1.20 bits per heavy atom. The summed E-state index contributed by atoms with van der Waals surface area (Å²) in [5, 5.41) is 3.48. The first-order valence-electron chi connectivity index (χ1n) is 8.44. The molecule has 1 aliphatic heterocycles. The molecule has 25 heavy (non-hydrogen) atoms. The molecule has 0 radical (unpaired) electrons. The van der Waals surface area contributed by atoms with Crippen LogP contribution in [0.1, 0.15) is 22.8 Å². The van der Waals surface area contributed by atoms with Crippen molar-refractivity contribution >= 4 is 29.1 Å². The Kier molecular flexibility index (Phi) is 5.50. The summed E-state index contributed by atoms with van der Waals surface area (Å²) >= 11 is 6.09. The second kappa shape index (κ2) is 7.80. The third kappa shape index (κ3) is 4.08. The number of carbonyl (C=O) groups is 1. The summed E-state index contributed by atoms with van der Waals surface area (Å²) in [4.78, 5) is 25.7. The van der Waals surface area contributed by atoms with Crippen LogP contribution in [-0.2, 0) is 0 Å². The predicted octanol–water partition coefficient (Wildman–Crippen LogP) is 2.83. The molecule has 1 aromatic heterocycles. The van der Waals surface area contributed by atoms with Gasteiger partial charge in [0.25, 0.3) is 5.91 Å². The van der Waals surface area contributed by atoms with Crippen molar-refractivity contribution in [2.75, 3.05) is 42.9 Å². The summed E-state index contributed by atoms with van der Waals surface area (Å²) in [7, 11) is 0. The minimum absolute atomic E-state index is 0.243. The molecule has 0 saturated carbocycles. The lowest BCUT2D eigenvalue weighted by Gasteiger charge is -2.33. The molecule has 0 spiro atoms. The van der Waals surface area contributed by atoms with E-state index in [1.54, 1.807) is 24.5 Å². The van der Waals surface area contributed by atoms with Crippen LogP contribution < -0.4 is 10.2 Å². The van der Waals surface area contributed by atoms with Crippen LogP contribution in [0, 0.1) is 6.92 Å². The first-order chi connectivity index (χ1) is 12.1. The molecule has 2 aromatic rings. The van der Waals surface area contributed by atoms with Gasteiger partial charge in [-0.25, -0.2) is 9.97 Å². The number of rotatable bonds is 4. The number of halogens is 1. The van der Waals surface area contributed by atoms with Gasteiger partial charge in [0.05, 0.1) is 5.56 Å². The van der Waals surface area contributed by atoms with E-state index in [4.69, 9.17) is 11.6 Å². The van der Waals surface area contributed by atoms with E-state index < -0.39 is 0 Å². The van der Waals surface area contributed by atoms with Crippen molar-refractivity contribution in [3.05, 3.63) is 46.7 Å². The summed E-state index contributed by atoms with van der Waals surface area (Å²) in [5.41, 5.74) is 1.96. The molecule has 0 atom stereocenters. The number of anilines is 2. The number of nitrogens with one attached hydrogen (secondary N) is 1. The number of hydrogen-bond acceptors (Lipinski definition) is 5. The van der Waals surface area contributed by atoms with Crippen molar-refractivity contribution in [2.24, 2.45) is 0 Å². The summed E-state index contributed by atoms with van der Waals surface area (Å²) in [6.45, 7) is 8.93. The van der Waals surface area contributed by atoms with Crippen LogP contribution in [0.3, 0.4) is 0 Å². The Labute approximate surface area is 152 Å². The molecule has 1 amide bonds. The number of hydrogen-bond donors (Lipinski definition) is 1. The highest BCUT2D eigenvalue weighted by molar-refractivity contribution is 6.31. The molecular formula is C18H22ClN5O. The van der Waals surface area contributed by atoms with Gasteiger partial charge in [-0.15, -0.1) is 0 Å². The standard InChI is InChI=1S/C18H22ClN5O/c1-3-23-7-9-24(10-8-23)18-20-11-14(12-21-18)17(25)22-16-6-4-5-15(19)13(16)2/h4-6,11-12H,3,7-10H2,1-2H3,(H,22,25). The van der Waals surface area contributed by atoms with Crippen molar-refractivity contribution in [2.45, 2.75) is 13.8 Å². The minimum Gasteiger partial charge on any atom is -0.338 e. The lowest BCUT2D eigenvalue weighted by atomic mass is 10.2. The summed E-state index contributed by atoms with van der Waals surface area (Å²) < 4.78 is 0. The number of amides is 1. The maximum absolute atomic E-state index is 12.4. The van der Waals surface area contributed by atoms with Crippen LogP contribution in [0.25, 0.3) is 0 Å². The molecule has 0 unspecified atom stereocenters. The Bertz CT molecular complexity index is 742. The minimum atomic E-state index is -0.243. The van der Waals surface area contributed by atoms with Crippen molar-refractivity contribution in [1.82, 2.24) is 14.9 Å². The Balaban J connectivity index is 1.66. The maximum Gasteiger partial charge on any atom is 0.258 e. The number of likely N-dealkylation sites (N-methyl/N-ethyl adjacent to an activating group) is 1. The quantitative estimate of drug-likeness (QED) is 0.909. The first kappa shape index (κ1) is 17.6. The molecule has 132 valence electrons. The van der Waals surface area contributed by atoms with E-state index >= 15 is 0 Å². The van der Waals surface area contributed by atoms with Gasteiger partial charge in [0.2, 0.25) is 5.95 Å². The molecule has 7 heteroatoms. The second-order valence-corrected chi connectivity index (χ2v) is 6.47. The zero-order chi connectivity index (χ0) is 17.8. The predicted molar refractivity (Wildman–Crippen MR) is 101 cm³/mol. The van der Waals surface area contributed by atoms with Crippen LogP contribution in [0.15, 0.2) is 30.6 Å². The third-order valence-electron chi connectivity index (χ3n) is 4.52. The Hall–Kier alpha value is -2.18. The lowest BCUT2D eigenvalue weighted by molar-refractivity contribution is 0.102. The van der Waals surface area contributed by atoms with E-state index in [0.717, 1.165) is 38.3 Å². The first-order valence-corrected chi connectivity index (χ1v) is 8.82. The number of aromatic nitrogens is 2. The summed E-state index contributed by atoms with van der Waals surface area (Å²) in [5.74, 6) is 0.430. The van der Waals surface area contributed by atoms with Gasteiger partial charge in [-0.1, -0.05) is 24.6 Å². The van der Waals surface area contributed by atoms with Gasteiger partial charge in [0.1, 0.15) is 0 Å². The topological polar surface area (TPSA) is 61.4 Å². The number of carbonyl (C=O) groups excluding carboxylic acids is 1. The van der Waals surface area contributed by atoms with E-state index in [1.165, 1.54) is 0 Å². The monoisotopic (exact) mass is 359 g/mol. The zero-order valence-corrected chi connectivity index (χ0v) is 15.3. The molecule has 1 aliphatic rings. The van der Waals surface area contributed by atoms with Crippen molar-refractivity contribution in [3.63, 3.8) is 0 Å². The van der Waals surface area contributed by atoms with Gasteiger partial charge in [-0.05, 0) is 31.2 Å². The fraction of sp³-hybridized carbons (Fsp3) is 0.389. The van der Waals surface area contributed by atoms with Gasteiger partial charge in [-0.2, -0.15) is 0 Å². The highest BCUT2D eigenvalue weighted by Crippen LogP contribution is 2.23. The summed E-state index contributed by atoms with van der Waals surface area (Å²) in [6, 6.07) is 5.42. The van der Waals surface area contributed by atoms with E-state index in [2.05, 4.69) is 32.0 Å². The highest BCUT2D eigenvalue weighted by atomic mass is 35.5. The van der Waals surface area contributed by atoms with E-state index in [1.807, 2.05) is 13.0 Å². The molecule has 0 bridgehead atoms. The smallest absolute Gasteiger partial charge is 0.258 e. The number of nitrogens with zero attached hydrogens (tertiary/aromatic N) is 4. The number of piperazine rings is 1. The van der Waals surface area contributed by atoms with Crippen molar-refractivity contribution in [1.29, 1.82) is 0 Å². The van der Waals surface area contributed by atoms with Gasteiger partial charge in [0, 0.05) is 49.3 Å². The maximum atomic E-state index is 12.4. The van der Waals surface area contributed by atoms with Gasteiger partial charge < -0.3 is 15.1 Å². The van der Waals surface area contributed by atoms with Crippen LogP contribution in [-0.4, -0.2) is 53.5 Å². The zero-order valence-electron chi connectivity index (χ0n) is 14.5. The van der Waals surface area contributed by atoms with Crippen molar-refractivity contribution in [3.8, 4) is 0 Å². The second-order valence-electron chi connectivity index (χ2n) is 6.06. The van der Waals surface area contributed by atoms with Gasteiger partial charge in [-0.3, -0.25) is 4.79 Å². The normalized spacial score (nSPS) is 15.2. The molecule has 1 N–H and O–H groups in total. The molecule has 1 fully saturated rings. The largest absolute Gasteiger partial charge is 0.338 e. The van der Waals surface area contributed by atoms with E-state index in [9.17, 15) is 4.79 Å². The van der Waals surface area contributed by atoms with Gasteiger partial charge >= 0.3 is 0 Å². The van der Waals surface area contributed by atoms with E-state index in [0.29, 0.717) is 22.2 Å². The van der Waals surface area contributed by atoms with Crippen LogP contribution in [0.5, 0.6) is 0 Å². The highest BCUT2D eigenvalue weighted by Gasteiger charge is 2.18. The molecule has 3 rings (SSSR count). The third-order valence-corrected chi connectivity index (χ3v) is 4.93. The fourth-order valence-electron chi connectivity index (χ4n) is 2.80. The Morgan fingerprint density at radius 3 is 2.52 bits per heavy atom. The van der Waals surface area contributed by atoms with Crippen LogP contribution in [0.4, 0.5) is 11.6 Å². The summed E-state index contributed by atoms with van der Waals surface area (Å²) in [6.07, 6.45) is 3.15. The fourth-order valence-corrected chi connectivity index (χ4v) is 2.98. The molecule has 1 saturated heterocycles. The SMILES string of the molecule is CCN1CCN(c2ncc(C(=O)Nc3cccc(Cl)c3C)cn2)CC1.